The fourth-order valence-electron chi connectivity index (χ4n) is 5.08. The summed E-state index contributed by atoms with van der Waals surface area (Å²) in [6.45, 7) is 4.37. The van der Waals surface area contributed by atoms with Gasteiger partial charge >= 0.3 is 6.03 Å². The van der Waals surface area contributed by atoms with Crippen LogP contribution < -0.4 is 5.32 Å². The van der Waals surface area contributed by atoms with E-state index in [9.17, 15) is 4.79 Å². The third kappa shape index (κ3) is 4.09. The molecule has 0 saturated heterocycles. The molecule has 1 aliphatic rings. The predicted molar refractivity (Wildman–Crippen MR) is 147 cm³/mol. The Morgan fingerprint density at radius 2 is 1.73 bits per heavy atom. The van der Waals surface area contributed by atoms with Crippen LogP contribution in [0, 0.1) is 13.8 Å². The number of amides is 2. The highest BCUT2D eigenvalue weighted by atomic mass is 35.5. The topological polar surface area (TPSA) is 55.1 Å². The molecule has 5 aromatic rings. The van der Waals surface area contributed by atoms with Crippen molar-refractivity contribution in [2.45, 2.75) is 26.4 Å². The SMILES string of the molecule is Cc1ccccc1NC(=O)N1Cc2c(C)nn(-c3ccccc3)c2-n2cccc2[C@H]1c1cccc(Cl)c1. The van der Waals surface area contributed by atoms with Crippen molar-refractivity contribution >= 4 is 23.3 Å². The van der Waals surface area contributed by atoms with E-state index in [0.29, 0.717) is 11.6 Å². The second-order valence-corrected chi connectivity index (χ2v) is 9.70. The highest BCUT2D eigenvalue weighted by molar-refractivity contribution is 6.30. The molecule has 0 spiro atoms. The molecular formula is C30H26ClN5O. The van der Waals surface area contributed by atoms with Gasteiger partial charge in [0.25, 0.3) is 0 Å². The van der Waals surface area contributed by atoms with Crippen molar-refractivity contribution in [2.24, 2.45) is 0 Å². The van der Waals surface area contributed by atoms with E-state index in [1.54, 1.807) is 0 Å². The van der Waals surface area contributed by atoms with Gasteiger partial charge in [-0.25, -0.2) is 9.48 Å². The summed E-state index contributed by atoms with van der Waals surface area (Å²) < 4.78 is 4.11. The first-order valence-electron chi connectivity index (χ1n) is 12.2. The fraction of sp³-hybridized carbons (Fsp3) is 0.133. The van der Waals surface area contributed by atoms with E-state index in [2.05, 4.69) is 16.0 Å². The fourth-order valence-corrected chi connectivity index (χ4v) is 5.28. The summed E-state index contributed by atoms with van der Waals surface area (Å²) in [4.78, 5) is 15.9. The standard InChI is InChI=1S/C30H26ClN5O/c1-20-10-6-7-15-26(20)32-30(37)35-19-25-21(2)33-36(24-13-4-3-5-14-24)29(25)34-17-9-16-27(34)28(35)22-11-8-12-23(31)18-22/h3-18,28H,19H2,1-2H3,(H,32,37)/t28-/m1/s1. The van der Waals surface area contributed by atoms with Crippen LogP contribution in [0.4, 0.5) is 10.5 Å². The molecule has 0 radical (unpaired) electrons. The van der Waals surface area contributed by atoms with Gasteiger partial charge in [0.05, 0.1) is 29.7 Å². The van der Waals surface area contributed by atoms with Crippen LogP contribution in [0.5, 0.6) is 0 Å². The molecule has 1 aliphatic heterocycles. The molecule has 3 heterocycles. The van der Waals surface area contributed by atoms with Crippen LogP contribution in [-0.4, -0.2) is 25.3 Å². The van der Waals surface area contributed by atoms with Gasteiger partial charge in [0.2, 0.25) is 0 Å². The minimum absolute atomic E-state index is 0.188. The molecule has 0 bridgehead atoms. The number of carbonyl (C=O) groups excluding carboxylic acids is 1. The lowest BCUT2D eigenvalue weighted by molar-refractivity contribution is 0.194. The van der Waals surface area contributed by atoms with E-state index in [-0.39, 0.29) is 12.1 Å². The number of fused-ring (bicyclic) bond motifs is 3. The summed E-state index contributed by atoms with van der Waals surface area (Å²) in [6.07, 6.45) is 2.04. The minimum Gasteiger partial charge on any atom is -0.308 e. The number of nitrogens with zero attached hydrogens (tertiary/aromatic N) is 4. The van der Waals surface area contributed by atoms with Gasteiger partial charge in [-0.15, -0.1) is 0 Å². The third-order valence-electron chi connectivity index (χ3n) is 6.90. The van der Waals surface area contributed by atoms with Gasteiger partial charge in [0.15, 0.2) is 0 Å². The summed E-state index contributed by atoms with van der Waals surface area (Å²) >= 11 is 6.44. The van der Waals surface area contributed by atoms with Gasteiger partial charge in [-0.05, 0) is 67.4 Å². The van der Waals surface area contributed by atoms with Crippen molar-refractivity contribution in [2.75, 3.05) is 5.32 Å². The zero-order chi connectivity index (χ0) is 25.5. The van der Waals surface area contributed by atoms with Crippen molar-refractivity contribution in [1.82, 2.24) is 19.2 Å². The molecule has 7 heteroatoms. The van der Waals surface area contributed by atoms with Crippen LogP contribution in [0.2, 0.25) is 5.02 Å². The normalized spacial score (nSPS) is 14.6. The Morgan fingerprint density at radius 3 is 2.51 bits per heavy atom. The molecule has 1 atom stereocenters. The molecule has 1 N–H and O–H groups in total. The molecule has 2 aromatic heterocycles. The molecule has 37 heavy (non-hydrogen) atoms. The Bertz CT molecular complexity index is 1600. The maximum Gasteiger partial charge on any atom is 0.322 e. The van der Waals surface area contributed by atoms with Crippen molar-refractivity contribution in [3.05, 3.63) is 130 Å². The number of aromatic nitrogens is 3. The first kappa shape index (κ1) is 23.1. The number of para-hydroxylation sites is 2. The molecule has 6 nitrogen and oxygen atoms in total. The second-order valence-electron chi connectivity index (χ2n) is 9.27. The molecule has 0 aliphatic carbocycles. The van der Waals surface area contributed by atoms with Crippen molar-refractivity contribution in [3.8, 4) is 11.5 Å². The molecule has 0 fully saturated rings. The van der Waals surface area contributed by atoms with Crippen LogP contribution in [0.15, 0.2) is 97.2 Å². The molecule has 184 valence electrons. The predicted octanol–water partition coefficient (Wildman–Crippen LogP) is 7.07. The number of anilines is 1. The largest absolute Gasteiger partial charge is 0.322 e. The van der Waals surface area contributed by atoms with Gasteiger partial charge in [0.1, 0.15) is 5.82 Å². The number of benzene rings is 3. The lowest BCUT2D eigenvalue weighted by Crippen LogP contribution is -2.38. The zero-order valence-electron chi connectivity index (χ0n) is 20.6. The summed E-state index contributed by atoms with van der Waals surface area (Å²) in [5.41, 5.74) is 6.51. The average Bonchev–Trinajstić information content (AvgIpc) is 3.46. The monoisotopic (exact) mass is 507 g/mol. The van der Waals surface area contributed by atoms with Gasteiger partial charge in [0, 0.05) is 22.5 Å². The number of hydrogen-bond acceptors (Lipinski definition) is 2. The maximum atomic E-state index is 14.0. The number of nitrogens with one attached hydrogen (secondary N) is 1. The molecular weight excluding hydrogens is 482 g/mol. The maximum absolute atomic E-state index is 14.0. The molecule has 0 unspecified atom stereocenters. The lowest BCUT2D eigenvalue weighted by atomic mass is 10.0. The summed E-state index contributed by atoms with van der Waals surface area (Å²) in [6, 6.07) is 29.1. The Hall–Kier alpha value is -4.29. The van der Waals surface area contributed by atoms with Crippen molar-refractivity contribution in [1.29, 1.82) is 0 Å². The molecule has 2 amide bonds. The quantitative estimate of drug-likeness (QED) is 0.284. The van der Waals surface area contributed by atoms with Crippen LogP contribution in [0.3, 0.4) is 0 Å². The highest BCUT2D eigenvalue weighted by Gasteiger charge is 2.36. The summed E-state index contributed by atoms with van der Waals surface area (Å²) in [5, 5.41) is 8.68. The first-order chi connectivity index (χ1) is 18.0. The van der Waals surface area contributed by atoms with Gasteiger partial charge < -0.3 is 14.8 Å². The van der Waals surface area contributed by atoms with Crippen LogP contribution >= 0.6 is 11.6 Å². The Balaban J connectivity index is 1.55. The van der Waals surface area contributed by atoms with Gasteiger partial charge in [-0.3, -0.25) is 0 Å². The van der Waals surface area contributed by atoms with E-state index in [4.69, 9.17) is 16.7 Å². The van der Waals surface area contributed by atoms with Gasteiger partial charge in [-0.1, -0.05) is 60.1 Å². The first-order valence-corrected chi connectivity index (χ1v) is 12.6. The molecule has 6 rings (SSSR count). The molecule has 0 saturated carbocycles. The number of urea groups is 1. The average molecular weight is 508 g/mol. The van der Waals surface area contributed by atoms with Crippen LogP contribution in [0.1, 0.15) is 34.1 Å². The van der Waals surface area contributed by atoms with E-state index in [1.807, 2.05) is 115 Å². The number of hydrogen-bond donors (Lipinski definition) is 1. The van der Waals surface area contributed by atoms with Crippen molar-refractivity contribution in [3.63, 3.8) is 0 Å². The molecule has 3 aromatic carbocycles. The third-order valence-corrected chi connectivity index (χ3v) is 7.13. The van der Waals surface area contributed by atoms with Crippen LogP contribution in [0.25, 0.3) is 11.5 Å². The van der Waals surface area contributed by atoms with Crippen LogP contribution in [-0.2, 0) is 6.54 Å². The highest BCUT2D eigenvalue weighted by Crippen LogP contribution is 2.39. The zero-order valence-corrected chi connectivity index (χ0v) is 21.4. The Labute approximate surface area is 220 Å². The Morgan fingerprint density at radius 1 is 0.946 bits per heavy atom. The van der Waals surface area contributed by atoms with E-state index in [1.165, 1.54) is 0 Å². The lowest BCUT2D eigenvalue weighted by Gasteiger charge is -2.31. The van der Waals surface area contributed by atoms with E-state index >= 15 is 0 Å². The van der Waals surface area contributed by atoms with E-state index < -0.39 is 0 Å². The Kier molecular flexibility index (Phi) is 5.81. The number of rotatable bonds is 3. The van der Waals surface area contributed by atoms with Crippen molar-refractivity contribution < 1.29 is 4.79 Å². The number of halogens is 1. The summed E-state index contributed by atoms with van der Waals surface area (Å²) in [5.74, 6) is 0.932. The number of aryl methyl sites for hydroxylation is 2. The van der Waals surface area contributed by atoms with Gasteiger partial charge in [-0.2, -0.15) is 5.10 Å². The van der Waals surface area contributed by atoms with E-state index in [0.717, 1.165) is 45.3 Å². The summed E-state index contributed by atoms with van der Waals surface area (Å²) in [7, 11) is 0. The minimum atomic E-state index is -0.367. The smallest absolute Gasteiger partial charge is 0.308 e. The number of carbonyl (C=O) groups is 1. The second kappa shape index (κ2) is 9.30.